The summed E-state index contributed by atoms with van der Waals surface area (Å²) in [5.74, 6) is -1.27. The first-order chi connectivity index (χ1) is 13.4. The van der Waals surface area contributed by atoms with Crippen LogP contribution in [0.15, 0.2) is 42.5 Å². The largest absolute Gasteiger partial charge is 0.456 e. The number of benzene rings is 2. The van der Waals surface area contributed by atoms with E-state index in [0.29, 0.717) is 5.69 Å². The number of hydrogen-bond acceptors (Lipinski definition) is 4. The fourth-order valence-electron chi connectivity index (χ4n) is 2.65. The highest BCUT2D eigenvalue weighted by atomic mass is 16.5. The summed E-state index contributed by atoms with van der Waals surface area (Å²) in [4.78, 5) is 35.8. The van der Waals surface area contributed by atoms with Crippen LogP contribution in [0.3, 0.4) is 0 Å². The highest BCUT2D eigenvalue weighted by molar-refractivity contribution is 5.95. The third-order valence-corrected chi connectivity index (χ3v) is 4.26. The van der Waals surface area contributed by atoms with Gasteiger partial charge in [-0.15, -0.1) is 0 Å². The van der Waals surface area contributed by atoms with Crippen molar-refractivity contribution in [2.45, 2.75) is 40.0 Å². The fraction of sp³-hybridized carbons (Fsp3) is 0.318. The van der Waals surface area contributed by atoms with Crippen molar-refractivity contribution < 1.29 is 19.1 Å². The second-order valence-corrected chi connectivity index (χ2v) is 6.59. The van der Waals surface area contributed by atoms with Crippen LogP contribution < -0.4 is 10.6 Å². The number of amides is 2. The van der Waals surface area contributed by atoms with E-state index in [1.807, 2.05) is 57.2 Å². The number of ether oxygens (including phenoxy) is 1. The first-order valence-electron chi connectivity index (χ1n) is 9.29. The Labute approximate surface area is 165 Å². The minimum Gasteiger partial charge on any atom is -0.456 e. The molecule has 0 radical (unpaired) electrons. The van der Waals surface area contributed by atoms with Gasteiger partial charge in [0.2, 0.25) is 5.91 Å². The molecule has 0 saturated carbocycles. The Bertz CT molecular complexity index is 861. The van der Waals surface area contributed by atoms with E-state index >= 15 is 0 Å². The molecule has 28 heavy (non-hydrogen) atoms. The van der Waals surface area contributed by atoms with E-state index in [4.69, 9.17) is 4.74 Å². The number of hydrogen-bond donors (Lipinski definition) is 2. The van der Waals surface area contributed by atoms with Crippen LogP contribution in [-0.4, -0.2) is 24.4 Å². The molecule has 2 amide bonds. The number of esters is 1. The van der Waals surface area contributed by atoms with E-state index in [9.17, 15) is 14.4 Å². The smallest absolute Gasteiger partial charge is 0.306 e. The molecule has 2 aromatic rings. The van der Waals surface area contributed by atoms with Crippen LogP contribution in [0.4, 0.5) is 11.4 Å². The summed E-state index contributed by atoms with van der Waals surface area (Å²) in [6.07, 6.45) is 0.688. The van der Waals surface area contributed by atoms with Crippen LogP contribution in [0.2, 0.25) is 0 Å². The molecular weight excluding hydrogens is 356 g/mol. The first-order valence-corrected chi connectivity index (χ1v) is 9.29. The average Bonchev–Trinajstić information content (AvgIpc) is 2.68. The first kappa shape index (κ1) is 21.2. The molecule has 0 aromatic heterocycles. The maximum absolute atomic E-state index is 12.0. The van der Waals surface area contributed by atoms with E-state index < -0.39 is 11.9 Å². The van der Waals surface area contributed by atoms with Gasteiger partial charge in [-0.3, -0.25) is 14.4 Å². The normalized spacial score (nSPS) is 10.2. The third-order valence-electron chi connectivity index (χ3n) is 4.26. The van der Waals surface area contributed by atoms with Crippen LogP contribution in [0, 0.1) is 13.8 Å². The number of carbonyl (C=O) groups excluding carboxylic acids is 3. The van der Waals surface area contributed by atoms with Gasteiger partial charge in [-0.25, -0.2) is 0 Å². The molecule has 0 atom stereocenters. The molecule has 0 fully saturated rings. The van der Waals surface area contributed by atoms with E-state index in [0.717, 1.165) is 28.8 Å². The average molecular weight is 382 g/mol. The highest BCUT2D eigenvalue weighted by Crippen LogP contribution is 2.17. The standard InChI is InChI=1S/C22H26N2O4/c1-4-17-7-5-6-8-18(17)23-21(26)14-28-22(27)12-11-20(25)24-19-13-15(2)9-10-16(19)3/h5-10,13H,4,11-12,14H2,1-3H3,(H,23,26)(H,24,25). The molecule has 0 aliphatic carbocycles. The van der Waals surface area contributed by atoms with Crippen molar-refractivity contribution in [3.8, 4) is 0 Å². The van der Waals surface area contributed by atoms with E-state index in [-0.39, 0.29) is 25.4 Å². The number of para-hydroxylation sites is 1. The SMILES string of the molecule is CCc1ccccc1NC(=O)COC(=O)CCC(=O)Nc1cc(C)ccc1C. The van der Waals surface area contributed by atoms with Crippen LogP contribution in [0.25, 0.3) is 0 Å². The molecule has 148 valence electrons. The quantitative estimate of drug-likeness (QED) is 0.681. The lowest BCUT2D eigenvalue weighted by Crippen LogP contribution is -2.22. The molecule has 2 N–H and O–H groups in total. The molecule has 0 spiro atoms. The van der Waals surface area contributed by atoms with Crippen LogP contribution in [0.5, 0.6) is 0 Å². The topological polar surface area (TPSA) is 84.5 Å². The van der Waals surface area contributed by atoms with E-state index in [2.05, 4.69) is 10.6 Å². The van der Waals surface area contributed by atoms with Crippen molar-refractivity contribution >= 4 is 29.2 Å². The minimum atomic E-state index is -0.588. The van der Waals surface area contributed by atoms with Gasteiger partial charge in [0.1, 0.15) is 0 Å². The summed E-state index contributed by atoms with van der Waals surface area (Å²) in [7, 11) is 0. The van der Waals surface area contributed by atoms with Crippen molar-refractivity contribution in [3.05, 3.63) is 59.2 Å². The van der Waals surface area contributed by atoms with Crippen molar-refractivity contribution in [3.63, 3.8) is 0 Å². The maximum Gasteiger partial charge on any atom is 0.306 e. The summed E-state index contributed by atoms with van der Waals surface area (Å²) >= 11 is 0. The zero-order valence-electron chi connectivity index (χ0n) is 16.5. The Hall–Kier alpha value is -3.15. The van der Waals surface area contributed by atoms with Crippen LogP contribution >= 0.6 is 0 Å². The molecule has 0 heterocycles. The molecule has 0 unspecified atom stereocenters. The number of aryl methyl sites for hydroxylation is 3. The van der Waals surface area contributed by atoms with Crippen molar-refractivity contribution in [1.82, 2.24) is 0 Å². The summed E-state index contributed by atoms with van der Waals surface area (Å²) < 4.78 is 4.96. The number of rotatable bonds is 8. The van der Waals surface area contributed by atoms with Gasteiger partial charge in [0.05, 0.1) is 6.42 Å². The Morgan fingerprint density at radius 1 is 0.893 bits per heavy atom. The van der Waals surface area contributed by atoms with Gasteiger partial charge in [-0.2, -0.15) is 0 Å². The van der Waals surface area contributed by atoms with Gasteiger partial charge in [-0.05, 0) is 49.1 Å². The summed E-state index contributed by atoms with van der Waals surface area (Å²) in [5, 5.41) is 5.52. The minimum absolute atomic E-state index is 0.00744. The monoisotopic (exact) mass is 382 g/mol. The second kappa shape index (κ2) is 10.3. The summed E-state index contributed by atoms with van der Waals surface area (Å²) in [6, 6.07) is 13.2. The predicted molar refractivity (Wildman–Crippen MR) is 109 cm³/mol. The van der Waals surface area contributed by atoms with E-state index in [1.54, 1.807) is 6.07 Å². The molecule has 6 nitrogen and oxygen atoms in total. The summed E-state index contributed by atoms with van der Waals surface area (Å²) in [6.45, 7) is 5.46. The Balaban J connectivity index is 1.74. The van der Waals surface area contributed by atoms with Gasteiger partial charge in [-0.1, -0.05) is 37.3 Å². The van der Waals surface area contributed by atoms with Gasteiger partial charge >= 0.3 is 5.97 Å². The zero-order valence-corrected chi connectivity index (χ0v) is 16.5. The molecule has 2 rings (SSSR count). The van der Waals surface area contributed by atoms with Crippen molar-refractivity contribution in [2.75, 3.05) is 17.2 Å². The fourth-order valence-corrected chi connectivity index (χ4v) is 2.65. The lowest BCUT2D eigenvalue weighted by molar-refractivity contribution is -0.147. The second-order valence-electron chi connectivity index (χ2n) is 6.59. The van der Waals surface area contributed by atoms with Crippen molar-refractivity contribution in [2.24, 2.45) is 0 Å². The highest BCUT2D eigenvalue weighted by Gasteiger charge is 2.12. The van der Waals surface area contributed by atoms with Gasteiger partial charge in [0, 0.05) is 17.8 Å². The van der Waals surface area contributed by atoms with Crippen LogP contribution in [-0.2, 0) is 25.5 Å². The number of anilines is 2. The molecule has 0 bridgehead atoms. The Morgan fingerprint density at radius 2 is 1.61 bits per heavy atom. The molecule has 2 aromatic carbocycles. The summed E-state index contributed by atoms with van der Waals surface area (Å²) in [5.41, 5.74) is 4.43. The van der Waals surface area contributed by atoms with Gasteiger partial charge in [0.25, 0.3) is 5.91 Å². The molecule has 0 saturated heterocycles. The van der Waals surface area contributed by atoms with Crippen molar-refractivity contribution in [1.29, 1.82) is 0 Å². The third kappa shape index (κ3) is 6.54. The molecule has 0 aliphatic rings. The molecular formula is C22H26N2O4. The Morgan fingerprint density at radius 3 is 2.36 bits per heavy atom. The van der Waals surface area contributed by atoms with Gasteiger partial charge < -0.3 is 15.4 Å². The lowest BCUT2D eigenvalue weighted by Gasteiger charge is -2.10. The lowest BCUT2D eigenvalue weighted by atomic mass is 10.1. The predicted octanol–water partition coefficient (Wildman–Crippen LogP) is 3.77. The Kier molecular flexibility index (Phi) is 7.75. The maximum atomic E-state index is 12.0. The number of nitrogens with one attached hydrogen (secondary N) is 2. The number of carbonyl (C=O) groups is 3. The van der Waals surface area contributed by atoms with Gasteiger partial charge in [0.15, 0.2) is 6.61 Å². The molecule has 6 heteroatoms. The zero-order chi connectivity index (χ0) is 20.5. The van der Waals surface area contributed by atoms with Crippen LogP contribution in [0.1, 0.15) is 36.5 Å². The van der Waals surface area contributed by atoms with E-state index in [1.165, 1.54) is 0 Å². The molecule has 0 aliphatic heterocycles.